The van der Waals surface area contributed by atoms with Gasteiger partial charge in [0.15, 0.2) is 0 Å². The molecule has 1 aliphatic rings. The van der Waals surface area contributed by atoms with Crippen LogP contribution in [0.15, 0.2) is 0 Å². The van der Waals surface area contributed by atoms with Crippen LogP contribution in [0.3, 0.4) is 0 Å². The van der Waals surface area contributed by atoms with E-state index in [1.54, 1.807) is 0 Å². The highest BCUT2D eigenvalue weighted by Gasteiger charge is 2.33. The van der Waals surface area contributed by atoms with Crippen molar-refractivity contribution in [2.24, 2.45) is 5.92 Å². The molecule has 1 saturated carbocycles. The van der Waals surface area contributed by atoms with Crippen LogP contribution < -0.4 is 0 Å². The van der Waals surface area contributed by atoms with Gasteiger partial charge in [0, 0.05) is 0 Å². The van der Waals surface area contributed by atoms with Gasteiger partial charge in [0.1, 0.15) is 5.60 Å². The van der Waals surface area contributed by atoms with Gasteiger partial charge in [-0.05, 0) is 33.6 Å². The molecule has 0 amide bonds. The third-order valence-electron chi connectivity index (χ3n) is 1.32. The summed E-state index contributed by atoms with van der Waals surface area (Å²) in [7, 11) is -18.0. The molecule has 0 aromatic carbocycles. The Kier molecular flexibility index (Phi) is 12.3. The van der Waals surface area contributed by atoms with E-state index in [2.05, 4.69) is 0 Å². The maximum absolute atomic E-state index is 11.0. The lowest BCUT2D eigenvalue weighted by atomic mass is 10.2. The van der Waals surface area contributed by atoms with Gasteiger partial charge in [-0.15, -0.1) is 0 Å². The fourth-order valence-electron chi connectivity index (χ4n) is 0.704. The van der Waals surface area contributed by atoms with E-state index >= 15 is 0 Å². The Bertz CT molecular complexity index is 322. The Morgan fingerprint density at radius 2 is 0.920 bits per heavy atom. The molecule has 0 aliphatic heterocycles. The Morgan fingerprint density at radius 3 is 1.04 bits per heavy atom. The zero-order valence-corrected chi connectivity index (χ0v) is 13.1. The largest absolute Gasteiger partial charge is 0.673 e. The molecule has 0 atom stereocenters. The summed E-state index contributed by atoms with van der Waals surface area (Å²) >= 11 is 0. The summed E-state index contributed by atoms with van der Waals surface area (Å²) < 4.78 is 122. The van der Waals surface area contributed by atoms with E-state index in [-0.39, 0.29) is 17.5 Å². The summed E-state index contributed by atoms with van der Waals surface area (Å²) in [5, 5.41) is 0. The summed E-state index contributed by atoms with van der Waals surface area (Å²) in [6, 6.07) is 0. The zero-order chi connectivity index (χ0) is 21.3. The first-order valence-corrected chi connectivity index (χ1v) is 6.34. The van der Waals surface area contributed by atoms with Gasteiger partial charge in [-0.1, -0.05) is 0 Å². The molecule has 0 saturated heterocycles. The SMILES string of the molecule is CC(C)(C)OC(=O)C1CC1.F[B-](F)(F)F.F[B-](F)(F)F.F[B-](F)(F)F. The van der Waals surface area contributed by atoms with Crippen LogP contribution in [0.25, 0.3) is 0 Å². The summed E-state index contributed by atoms with van der Waals surface area (Å²) in [6.07, 6.45) is 2.05. The van der Waals surface area contributed by atoms with Crippen molar-refractivity contribution < 1.29 is 61.3 Å². The molecule has 0 N–H and O–H groups in total. The number of hydrogen-bond acceptors (Lipinski definition) is 2. The Morgan fingerprint density at radius 1 is 0.720 bits per heavy atom. The monoisotopic (exact) mass is 403 g/mol. The van der Waals surface area contributed by atoms with Crippen LogP contribution in [0.5, 0.6) is 0 Å². The molecule has 0 spiro atoms. The molecule has 0 unspecified atom stereocenters. The highest BCUT2D eigenvalue weighted by Crippen LogP contribution is 2.31. The van der Waals surface area contributed by atoms with Gasteiger partial charge in [-0.3, -0.25) is 4.79 Å². The molecule has 2 nitrogen and oxygen atoms in total. The second kappa shape index (κ2) is 10.7. The molecule has 0 bridgehead atoms. The molecule has 0 aromatic heterocycles. The standard InChI is InChI=1S/C8H14O2.3BF4/c1-8(2,3)10-7(9)6-4-5-6;3*2-1(3,4)5/h6H,4-5H2,1-3H3;;;/q;3*-1. The number of carbonyl (C=O) groups excluding carboxylic acids is 1. The van der Waals surface area contributed by atoms with Crippen LogP contribution in [-0.4, -0.2) is 33.3 Å². The molecular formula is C8H14B3F12O2-3. The molecular weight excluding hydrogens is 388 g/mol. The predicted molar refractivity (Wildman–Crippen MR) is 69.1 cm³/mol. The molecule has 0 aromatic rings. The Labute approximate surface area is 135 Å². The van der Waals surface area contributed by atoms with Crippen LogP contribution in [0.2, 0.25) is 0 Å². The fourth-order valence-corrected chi connectivity index (χ4v) is 0.704. The second-order valence-electron chi connectivity index (χ2n) is 5.29. The minimum atomic E-state index is -6.00. The van der Waals surface area contributed by atoms with Crippen LogP contribution >= 0.6 is 0 Å². The first-order chi connectivity index (χ1) is 10.5. The number of esters is 1. The van der Waals surface area contributed by atoms with Gasteiger partial charge >= 0.3 is 27.7 Å². The van der Waals surface area contributed by atoms with Crippen molar-refractivity contribution in [3.63, 3.8) is 0 Å². The van der Waals surface area contributed by atoms with Gasteiger partial charge in [-0.2, -0.15) is 0 Å². The highest BCUT2D eigenvalue weighted by atomic mass is 19.5. The van der Waals surface area contributed by atoms with E-state index in [1.165, 1.54) is 0 Å². The fraction of sp³-hybridized carbons (Fsp3) is 0.875. The third kappa shape index (κ3) is 84.5. The van der Waals surface area contributed by atoms with Gasteiger partial charge in [0.25, 0.3) is 0 Å². The molecule has 1 rings (SSSR count). The molecule has 154 valence electrons. The Hall–Kier alpha value is -1.18. The number of hydrogen-bond donors (Lipinski definition) is 0. The number of halogens is 12. The van der Waals surface area contributed by atoms with Crippen molar-refractivity contribution in [2.75, 3.05) is 0 Å². The third-order valence-corrected chi connectivity index (χ3v) is 1.32. The number of carbonyl (C=O) groups is 1. The lowest BCUT2D eigenvalue weighted by Gasteiger charge is -2.19. The normalized spacial score (nSPS) is 14.7. The van der Waals surface area contributed by atoms with Gasteiger partial charge < -0.3 is 56.5 Å². The van der Waals surface area contributed by atoms with Crippen molar-refractivity contribution in [1.29, 1.82) is 0 Å². The molecule has 25 heavy (non-hydrogen) atoms. The second-order valence-corrected chi connectivity index (χ2v) is 5.29. The van der Waals surface area contributed by atoms with E-state index in [0.717, 1.165) is 12.8 Å². The minimum absolute atomic E-state index is 0.0208. The molecule has 17 heteroatoms. The van der Waals surface area contributed by atoms with Crippen molar-refractivity contribution in [1.82, 2.24) is 0 Å². The predicted octanol–water partition coefficient (Wildman–Crippen LogP) is 5.64. The first-order valence-electron chi connectivity index (χ1n) is 6.34. The first kappa shape index (κ1) is 28.6. The molecule has 0 radical (unpaired) electrons. The van der Waals surface area contributed by atoms with Crippen LogP contribution in [-0.2, 0) is 9.53 Å². The average molecular weight is 403 g/mol. The summed E-state index contributed by atoms with van der Waals surface area (Å²) in [5.41, 5.74) is -0.306. The quantitative estimate of drug-likeness (QED) is 0.322. The van der Waals surface area contributed by atoms with Gasteiger partial charge in [0.2, 0.25) is 0 Å². The Balaban J connectivity index is -0.000000279. The molecule has 1 fully saturated rings. The average Bonchev–Trinajstić information content (AvgIpc) is 2.85. The number of rotatable bonds is 1. The van der Waals surface area contributed by atoms with Crippen molar-refractivity contribution >= 4 is 27.7 Å². The molecule has 0 heterocycles. The minimum Gasteiger partial charge on any atom is -0.460 e. The topological polar surface area (TPSA) is 26.3 Å². The van der Waals surface area contributed by atoms with Gasteiger partial charge in [-0.25, -0.2) is 0 Å². The van der Waals surface area contributed by atoms with Crippen LogP contribution in [0.1, 0.15) is 33.6 Å². The lowest BCUT2D eigenvalue weighted by molar-refractivity contribution is -0.156. The smallest absolute Gasteiger partial charge is 0.460 e. The summed E-state index contributed by atoms with van der Waals surface area (Å²) in [5.74, 6) is 0.201. The van der Waals surface area contributed by atoms with Gasteiger partial charge in [0.05, 0.1) is 5.92 Å². The highest BCUT2D eigenvalue weighted by molar-refractivity contribution is 6.50. The van der Waals surface area contributed by atoms with E-state index in [9.17, 15) is 56.6 Å². The van der Waals surface area contributed by atoms with E-state index in [4.69, 9.17) is 4.74 Å². The van der Waals surface area contributed by atoms with E-state index < -0.39 is 21.8 Å². The maximum atomic E-state index is 11.0. The number of ether oxygens (including phenoxy) is 1. The van der Waals surface area contributed by atoms with Crippen molar-refractivity contribution in [2.45, 2.75) is 39.2 Å². The van der Waals surface area contributed by atoms with Crippen molar-refractivity contribution in [3.8, 4) is 0 Å². The van der Waals surface area contributed by atoms with Crippen LogP contribution in [0, 0.1) is 5.92 Å². The molecule has 1 aliphatic carbocycles. The van der Waals surface area contributed by atoms with E-state index in [0.29, 0.717) is 0 Å². The summed E-state index contributed by atoms with van der Waals surface area (Å²) in [6.45, 7) is 5.69. The zero-order valence-electron chi connectivity index (χ0n) is 13.1. The van der Waals surface area contributed by atoms with Crippen molar-refractivity contribution in [3.05, 3.63) is 0 Å². The maximum Gasteiger partial charge on any atom is 0.673 e. The van der Waals surface area contributed by atoms with E-state index in [1.807, 2.05) is 20.8 Å². The summed E-state index contributed by atoms with van der Waals surface area (Å²) in [4.78, 5) is 11.0. The lowest BCUT2D eigenvalue weighted by Crippen LogP contribution is -2.24. The van der Waals surface area contributed by atoms with Crippen LogP contribution in [0.4, 0.5) is 51.8 Å².